The average Bonchev–Trinajstić information content (AvgIpc) is 2.28. The molecular formula is C13H29PS2. The van der Waals surface area contributed by atoms with Gasteiger partial charge in [-0.15, -0.1) is 22.8 Å². The number of rotatable bonds is 12. The van der Waals surface area contributed by atoms with Crippen LogP contribution in [-0.2, 0) is 0 Å². The SMILES string of the molecule is CCCCCCSP(C)SCCCCCC. The highest BCUT2D eigenvalue weighted by molar-refractivity contribution is 8.88. The van der Waals surface area contributed by atoms with E-state index < -0.39 is 0 Å². The van der Waals surface area contributed by atoms with Gasteiger partial charge in [-0.3, -0.25) is 0 Å². The fourth-order valence-corrected chi connectivity index (χ4v) is 7.29. The van der Waals surface area contributed by atoms with E-state index in [1.54, 1.807) is 0 Å². The van der Waals surface area contributed by atoms with Crippen LogP contribution in [0.1, 0.15) is 65.2 Å². The van der Waals surface area contributed by atoms with E-state index in [1.165, 1.54) is 62.9 Å². The van der Waals surface area contributed by atoms with E-state index in [1.807, 2.05) is 0 Å². The van der Waals surface area contributed by atoms with E-state index >= 15 is 0 Å². The first-order valence-corrected chi connectivity index (χ1v) is 11.8. The molecule has 0 aromatic heterocycles. The molecule has 0 bridgehead atoms. The molecule has 0 fully saturated rings. The molecule has 0 aliphatic rings. The normalized spacial score (nSPS) is 11.2. The minimum Gasteiger partial charge on any atom is -0.123 e. The van der Waals surface area contributed by atoms with Gasteiger partial charge in [-0.05, 0) is 31.0 Å². The van der Waals surface area contributed by atoms with Gasteiger partial charge in [0.05, 0.1) is 0 Å². The van der Waals surface area contributed by atoms with E-state index in [2.05, 4.69) is 43.3 Å². The second-order valence-corrected chi connectivity index (χ2v) is 12.0. The van der Waals surface area contributed by atoms with Gasteiger partial charge in [0.1, 0.15) is 0 Å². The lowest BCUT2D eigenvalue weighted by atomic mass is 10.2. The lowest BCUT2D eigenvalue weighted by molar-refractivity contribution is 0.707. The fourth-order valence-electron chi connectivity index (χ4n) is 1.48. The lowest BCUT2D eigenvalue weighted by Crippen LogP contribution is -1.80. The first-order chi connectivity index (χ1) is 7.81. The maximum atomic E-state index is 2.43. The summed E-state index contributed by atoms with van der Waals surface area (Å²) in [6.07, 6.45) is 11.5. The molecule has 0 aliphatic heterocycles. The zero-order chi connectivity index (χ0) is 12.1. The molecule has 0 rings (SSSR count). The van der Waals surface area contributed by atoms with Gasteiger partial charge in [-0.1, -0.05) is 52.4 Å². The van der Waals surface area contributed by atoms with Crippen LogP contribution in [0.5, 0.6) is 0 Å². The summed E-state index contributed by atoms with van der Waals surface area (Å²) in [6, 6.07) is 0. The maximum absolute atomic E-state index is 2.43. The van der Waals surface area contributed by atoms with Crippen LogP contribution in [0.3, 0.4) is 0 Å². The van der Waals surface area contributed by atoms with Crippen molar-refractivity contribution in [2.45, 2.75) is 65.2 Å². The Hall–Kier alpha value is 1.13. The third-order valence-corrected chi connectivity index (χ3v) is 9.39. The highest BCUT2D eigenvalue weighted by atomic mass is 33.1. The smallest absolute Gasteiger partial charge is 0.00903 e. The molecule has 0 radical (unpaired) electrons. The third kappa shape index (κ3) is 13.2. The molecule has 3 heteroatoms. The van der Waals surface area contributed by atoms with Crippen LogP contribution in [0.15, 0.2) is 0 Å². The molecule has 0 N–H and O–H groups in total. The van der Waals surface area contributed by atoms with Gasteiger partial charge in [-0.25, -0.2) is 0 Å². The summed E-state index contributed by atoms with van der Waals surface area (Å²) in [7, 11) is 0. The molecule has 0 saturated carbocycles. The summed E-state index contributed by atoms with van der Waals surface area (Å²) in [5, 5.41) is 0. The molecule has 0 amide bonds. The van der Waals surface area contributed by atoms with Crippen LogP contribution in [0.4, 0.5) is 0 Å². The Labute approximate surface area is 112 Å². The largest absolute Gasteiger partial charge is 0.123 e. The van der Waals surface area contributed by atoms with Gasteiger partial charge in [0.2, 0.25) is 0 Å². The van der Waals surface area contributed by atoms with Crippen LogP contribution >= 0.6 is 29.1 Å². The van der Waals surface area contributed by atoms with Crippen LogP contribution in [0, 0.1) is 0 Å². The van der Waals surface area contributed by atoms with Gasteiger partial charge in [-0.2, -0.15) is 0 Å². The second-order valence-electron chi connectivity index (χ2n) is 4.23. The minimum absolute atomic E-state index is 0.211. The van der Waals surface area contributed by atoms with Crippen LogP contribution < -0.4 is 0 Å². The zero-order valence-electron chi connectivity index (χ0n) is 11.3. The summed E-state index contributed by atoms with van der Waals surface area (Å²) in [6.45, 7) is 7.00. The Bertz CT molecular complexity index is 117. The molecule has 0 aromatic carbocycles. The molecule has 0 atom stereocenters. The van der Waals surface area contributed by atoms with Crippen molar-refractivity contribution >= 4 is 29.1 Å². The minimum atomic E-state index is 0.211. The number of unbranched alkanes of at least 4 members (excludes halogenated alkanes) is 6. The van der Waals surface area contributed by atoms with E-state index in [0.717, 1.165) is 0 Å². The summed E-state index contributed by atoms with van der Waals surface area (Å²) in [5.41, 5.74) is 0. The van der Waals surface area contributed by atoms with Gasteiger partial charge >= 0.3 is 0 Å². The molecule has 0 aliphatic carbocycles. The van der Waals surface area contributed by atoms with Crippen LogP contribution in [0.25, 0.3) is 0 Å². The monoisotopic (exact) mass is 280 g/mol. The predicted octanol–water partition coefficient (Wildman–Crippen LogP) is 6.56. The van der Waals surface area contributed by atoms with Crippen molar-refractivity contribution in [3.8, 4) is 0 Å². The highest BCUT2D eigenvalue weighted by Gasteiger charge is 2.02. The summed E-state index contributed by atoms with van der Waals surface area (Å²) in [4.78, 5) is 0. The first kappa shape index (κ1) is 17.1. The topological polar surface area (TPSA) is 0 Å². The molecule has 0 nitrogen and oxygen atoms in total. The molecule has 0 unspecified atom stereocenters. The Morgan fingerprint density at radius 3 is 1.50 bits per heavy atom. The summed E-state index contributed by atoms with van der Waals surface area (Å²) < 4.78 is 0. The molecule has 0 saturated heterocycles. The van der Waals surface area contributed by atoms with Crippen LogP contribution in [-0.4, -0.2) is 18.2 Å². The Morgan fingerprint density at radius 2 is 1.12 bits per heavy atom. The maximum Gasteiger partial charge on any atom is 0.00903 e. The zero-order valence-corrected chi connectivity index (χ0v) is 13.9. The van der Waals surface area contributed by atoms with Gasteiger partial charge in [0, 0.05) is 6.33 Å². The molecule has 0 aromatic rings. The van der Waals surface area contributed by atoms with Crippen molar-refractivity contribution < 1.29 is 0 Å². The summed E-state index contributed by atoms with van der Waals surface area (Å²) in [5.74, 6) is 2.79. The van der Waals surface area contributed by atoms with E-state index in [0.29, 0.717) is 0 Å². The van der Waals surface area contributed by atoms with E-state index in [9.17, 15) is 0 Å². The molecule has 16 heavy (non-hydrogen) atoms. The van der Waals surface area contributed by atoms with Crippen molar-refractivity contribution in [3.63, 3.8) is 0 Å². The van der Waals surface area contributed by atoms with Crippen molar-refractivity contribution in [1.82, 2.24) is 0 Å². The average molecular weight is 280 g/mol. The van der Waals surface area contributed by atoms with Crippen molar-refractivity contribution in [1.29, 1.82) is 0 Å². The fraction of sp³-hybridized carbons (Fsp3) is 1.00. The highest BCUT2D eigenvalue weighted by Crippen LogP contribution is 2.58. The van der Waals surface area contributed by atoms with Crippen molar-refractivity contribution in [2.75, 3.05) is 18.2 Å². The van der Waals surface area contributed by atoms with Crippen LogP contribution in [0.2, 0.25) is 0 Å². The van der Waals surface area contributed by atoms with Gasteiger partial charge in [0.15, 0.2) is 0 Å². The predicted molar refractivity (Wildman–Crippen MR) is 86.0 cm³/mol. The number of hydrogen-bond acceptors (Lipinski definition) is 2. The van der Waals surface area contributed by atoms with Gasteiger partial charge < -0.3 is 0 Å². The second kappa shape index (κ2) is 14.2. The Balaban J connectivity index is 3.09. The molecule has 0 heterocycles. The third-order valence-electron chi connectivity index (χ3n) is 2.54. The standard InChI is InChI=1S/C13H29PS2/c1-4-6-8-10-12-15-14(3)16-13-11-9-7-5-2/h4-13H2,1-3H3. The molecule has 98 valence electrons. The van der Waals surface area contributed by atoms with Crippen molar-refractivity contribution in [3.05, 3.63) is 0 Å². The summed E-state index contributed by atoms with van der Waals surface area (Å²) >= 11 is 4.44. The quantitative estimate of drug-likeness (QED) is 0.293. The Morgan fingerprint density at radius 1 is 0.688 bits per heavy atom. The lowest BCUT2D eigenvalue weighted by Gasteiger charge is -2.10. The van der Waals surface area contributed by atoms with E-state index in [4.69, 9.17) is 0 Å². The number of hydrogen-bond donors (Lipinski definition) is 0. The molecule has 0 spiro atoms. The Kier molecular flexibility index (Phi) is 15.2. The first-order valence-electron chi connectivity index (χ1n) is 6.80. The van der Waals surface area contributed by atoms with Gasteiger partial charge in [0.25, 0.3) is 0 Å². The molecular weight excluding hydrogens is 251 g/mol. The van der Waals surface area contributed by atoms with E-state index in [-0.39, 0.29) is 6.33 Å². The van der Waals surface area contributed by atoms with Crippen molar-refractivity contribution in [2.24, 2.45) is 0 Å².